The number of anilines is 1. The maximum atomic E-state index is 12.9. The van der Waals surface area contributed by atoms with Crippen LogP contribution in [0.5, 0.6) is 0 Å². The molecular formula is C21H23N5O. The number of carbonyl (C=O) groups is 1. The van der Waals surface area contributed by atoms with E-state index in [1.165, 1.54) is 0 Å². The van der Waals surface area contributed by atoms with Crippen molar-refractivity contribution in [3.8, 4) is 5.69 Å². The standard InChI is InChI=1S/C21H23N5O/c27-21(24-18-7-9-19(10-8-18)26-14-4-12-23-26)20-6-1-2-13-25(20)16-17-5-3-11-22-15-17/h3-5,7-12,14-15,20H,1-2,6,13,16H2,(H,24,27)/t20-/m0/s1. The molecule has 1 atom stereocenters. The van der Waals surface area contributed by atoms with Gasteiger partial charge >= 0.3 is 0 Å². The minimum Gasteiger partial charge on any atom is -0.325 e. The number of nitrogens with one attached hydrogen (secondary N) is 1. The van der Waals surface area contributed by atoms with Crippen LogP contribution in [0.2, 0.25) is 0 Å². The largest absolute Gasteiger partial charge is 0.325 e. The second-order valence-corrected chi connectivity index (χ2v) is 6.83. The zero-order valence-electron chi connectivity index (χ0n) is 15.2. The van der Waals surface area contributed by atoms with Crippen LogP contribution in [0, 0.1) is 0 Å². The molecule has 0 saturated carbocycles. The molecule has 1 amide bonds. The molecule has 138 valence electrons. The molecule has 1 saturated heterocycles. The number of benzene rings is 1. The Kier molecular flexibility index (Phi) is 5.25. The Balaban J connectivity index is 1.42. The van der Waals surface area contributed by atoms with Gasteiger partial charge in [-0.05, 0) is 61.3 Å². The van der Waals surface area contributed by atoms with E-state index < -0.39 is 0 Å². The quantitative estimate of drug-likeness (QED) is 0.758. The van der Waals surface area contributed by atoms with Gasteiger partial charge in [0.1, 0.15) is 0 Å². The fourth-order valence-electron chi connectivity index (χ4n) is 3.55. The lowest BCUT2D eigenvalue weighted by Crippen LogP contribution is -2.46. The van der Waals surface area contributed by atoms with Gasteiger partial charge in [0.15, 0.2) is 0 Å². The number of carbonyl (C=O) groups excluding carboxylic acids is 1. The smallest absolute Gasteiger partial charge is 0.241 e. The van der Waals surface area contributed by atoms with Gasteiger partial charge in [-0.3, -0.25) is 14.7 Å². The lowest BCUT2D eigenvalue weighted by atomic mass is 10.0. The van der Waals surface area contributed by atoms with Crippen LogP contribution in [0.3, 0.4) is 0 Å². The molecule has 1 aromatic carbocycles. The Bertz CT molecular complexity index is 861. The van der Waals surface area contributed by atoms with Gasteiger partial charge in [0.2, 0.25) is 5.91 Å². The highest BCUT2D eigenvalue weighted by atomic mass is 16.2. The highest BCUT2D eigenvalue weighted by Gasteiger charge is 2.28. The average molecular weight is 361 g/mol. The van der Waals surface area contributed by atoms with E-state index in [2.05, 4.69) is 26.4 Å². The van der Waals surface area contributed by atoms with Crippen LogP contribution in [-0.2, 0) is 11.3 Å². The molecule has 27 heavy (non-hydrogen) atoms. The predicted octanol–water partition coefficient (Wildman–Crippen LogP) is 3.26. The van der Waals surface area contributed by atoms with Crippen molar-refractivity contribution in [2.75, 3.05) is 11.9 Å². The highest BCUT2D eigenvalue weighted by molar-refractivity contribution is 5.95. The lowest BCUT2D eigenvalue weighted by Gasteiger charge is -2.34. The van der Waals surface area contributed by atoms with Crippen molar-refractivity contribution < 1.29 is 4.79 Å². The number of hydrogen-bond acceptors (Lipinski definition) is 4. The topological polar surface area (TPSA) is 63.1 Å². The fourth-order valence-corrected chi connectivity index (χ4v) is 3.55. The minimum atomic E-state index is -0.107. The maximum Gasteiger partial charge on any atom is 0.241 e. The summed E-state index contributed by atoms with van der Waals surface area (Å²) in [4.78, 5) is 19.3. The van der Waals surface area contributed by atoms with Crippen LogP contribution in [0.25, 0.3) is 5.69 Å². The first kappa shape index (κ1) is 17.4. The van der Waals surface area contributed by atoms with Crippen molar-refractivity contribution in [2.24, 2.45) is 0 Å². The van der Waals surface area contributed by atoms with Gasteiger partial charge in [-0.2, -0.15) is 5.10 Å². The van der Waals surface area contributed by atoms with Gasteiger partial charge in [-0.25, -0.2) is 4.68 Å². The summed E-state index contributed by atoms with van der Waals surface area (Å²) in [7, 11) is 0. The number of hydrogen-bond donors (Lipinski definition) is 1. The van der Waals surface area contributed by atoms with E-state index >= 15 is 0 Å². The van der Waals surface area contributed by atoms with E-state index in [-0.39, 0.29) is 11.9 Å². The third-order valence-corrected chi connectivity index (χ3v) is 4.93. The molecule has 4 rings (SSSR count). The second-order valence-electron chi connectivity index (χ2n) is 6.83. The summed E-state index contributed by atoms with van der Waals surface area (Å²) < 4.78 is 1.79. The molecule has 2 aromatic heterocycles. The Labute approximate surface area is 158 Å². The van der Waals surface area contributed by atoms with Gasteiger partial charge in [-0.1, -0.05) is 12.5 Å². The SMILES string of the molecule is O=C(Nc1ccc(-n2cccn2)cc1)[C@@H]1CCCCN1Cc1cccnc1. The summed E-state index contributed by atoms with van der Waals surface area (Å²) in [6.45, 7) is 1.69. The molecule has 0 spiro atoms. The van der Waals surface area contributed by atoms with Crippen LogP contribution in [0.1, 0.15) is 24.8 Å². The Morgan fingerprint density at radius 1 is 1.11 bits per heavy atom. The van der Waals surface area contributed by atoms with Crippen LogP contribution in [0.4, 0.5) is 5.69 Å². The molecule has 6 heteroatoms. The zero-order valence-corrected chi connectivity index (χ0v) is 15.2. The first-order valence-electron chi connectivity index (χ1n) is 9.33. The van der Waals surface area contributed by atoms with Crippen molar-refractivity contribution in [1.82, 2.24) is 19.7 Å². The highest BCUT2D eigenvalue weighted by Crippen LogP contribution is 2.21. The minimum absolute atomic E-state index is 0.0606. The number of piperidine rings is 1. The monoisotopic (exact) mass is 361 g/mol. The predicted molar refractivity (Wildman–Crippen MR) is 104 cm³/mol. The molecule has 1 N–H and O–H groups in total. The molecule has 0 aliphatic carbocycles. The van der Waals surface area contributed by atoms with Crippen molar-refractivity contribution in [3.05, 3.63) is 72.8 Å². The molecule has 0 unspecified atom stereocenters. The van der Waals surface area contributed by atoms with E-state index in [1.54, 1.807) is 17.1 Å². The molecular weight excluding hydrogens is 338 g/mol. The maximum absolute atomic E-state index is 12.9. The molecule has 3 heterocycles. The number of rotatable bonds is 5. The van der Waals surface area contributed by atoms with Crippen LogP contribution in [-0.4, -0.2) is 38.2 Å². The third kappa shape index (κ3) is 4.23. The summed E-state index contributed by atoms with van der Waals surface area (Å²) in [5.74, 6) is 0.0606. The van der Waals surface area contributed by atoms with Crippen LogP contribution in [0.15, 0.2) is 67.3 Å². The first-order valence-corrected chi connectivity index (χ1v) is 9.33. The Morgan fingerprint density at radius 3 is 2.74 bits per heavy atom. The van der Waals surface area contributed by atoms with Crippen molar-refractivity contribution >= 4 is 11.6 Å². The Morgan fingerprint density at radius 2 is 2.00 bits per heavy atom. The molecule has 0 bridgehead atoms. The van der Waals surface area contributed by atoms with E-state index in [4.69, 9.17) is 0 Å². The van der Waals surface area contributed by atoms with Gasteiger partial charge in [0.25, 0.3) is 0 Å². The molecule has 0 radical (unpaired) electrons. The van der Waals surface area contributed by atoms with Crippen LogP contribution >= 0.6 is 0 Å². The third-order valence-electron chi connectivity index (χ3n) is 4.93. The second kappa shape index (κ2) is 8.14. The van der Waals surface area contributed by atoms with E-state index in [1.807, 2.05) is 48.8 Å². The number of aromatic nitrogens is 3. The summed E-state index contributed by atoms with van der Waals surface area (Å²) in [6, 6.07) is 13.5. The molecule has 6 nitrogen and oxygen atoms in total. The summed E-state index contributed by atoms with van der Waals surface area (Å²) in [5, 5.41) is 7.29. The summed E-state index contributed by atoms with van der Waals surface area (Å²) in [5.41, 5.74) is 2.91. The van der Waals surface area contributed by atoms with Gasteiger partial charge in [0, 0.05) is 37.0 Å². The van der Waals surface area contributed by atoms with Crippen molar-refractivity contribution in [1.29, 1.82) is 0 Å². The molecule has 1 fully saturated rings. The van der Waals surface area contributed by atoms with Crippen molar-refractivity contribution in [3.63, 3.8) is 0 Å². The van der Waals surface area contributed by atoms with Gasteiger partial charge in [-0.15, -0.1) is 0 Å². The first-order chi connectivity index (χ1) is 13.3. The van der Waals surface area contributed by atoms with Crippen molar-refractivity contribution in [2.45, 2.75) is 31.8 Å². The molecule has 1 aliphatic heterocycles. The summed E-state index contributed by atoms with van der Waals surface area (Å²) in [6.07, 6.45) is 10.4. The van der Waals surface area contributed by atoms with E-state index in [0.29, 0.717) is 0 Å². The number of pyridine rings is 1. The molecule has 1 aliphatic rings. The lowest BCUT2D eigenvalue weighted by molar-refractivity contribution is -0.122. The normalized spacial score (nSPS) is 17.6. The number of likely N-dealkylation sites (tertiary alicyclic amines) is 1. The van der Waals surface area contributed by atoms with Crippen LogP contribution < -0.4 is 5.32 Å². The Hall–Kier alpha value is -2.99. The van der Waals surface area contributed by atoms with Gasteiger partial charge in [0.05, 0.1) is 11.7 Å². The zero-order chi connectivity index (χ0) is 18.5. The van der Waals surface area contributed by atoms with E-state index in [9.17, 15) is 4.79 Å². The fraction of sp³-hybridized carbons (Fsp3) is 0.286. The summed E-state index contributed by atoms with van der Waals surface area (Å²) >= 11 is 0. The molecule has 3 aromatic rings. The van der Waals surface area contributed by atoms with Gasteiger partial charge < -0.3 is 5.32 Å². The number of nitrogens with zero attached hydrogens (tertiary/aromatic N) is 4. The van der Waals surface area contributed by atoms with E-state index in [0.717, 1.165) is 49.3 Å². The number of amides is 1. The average Bonchev–Trinajstić information content (AvgIpc) is 3.25.